The van der Waals surface area contributed by atoms with Crippen LogP contribution >= 0.6 is 0 Å². The Hall–Kier alpha value is -1.58. The molecule has 1 fully saturated rings. The second kappa shape index (κ2) is 6.92. The number of likely N-dealkylation sites (N-methyl/N-ethyl adjacent to an activating group) is 1. The molecule has 3 rings (SSSR count). The van der Waals surface area contributed by atoms with Gasteiger partial charge in [0.15, 0.2) is 0 Å². The van der Waals surface area contributed by atoms with Crippen molar-refractivity contribution in [2.75, 3.05) is 19.6 Å². The van der Waals surface area contributed by atoms with Crippen LogP contribution in [0.3, 0.4) is 0 Å². The SMILES string of the molecule is CCN1CCCC1CNC(c1ccccc1)c1ccco1. The van der Waals surface area contributed by atoms with E-state index >= 15 is 0 Å². The average molecular weight is 284 g/mol. The second-order valence-electron chi connectivity index (χ2n) is 5.69. The van der Waals surface area contributed by atoms with Gasteiger partial charge in [-0.2, -0.15) is 0 Å². The van der Waals surface area contributed by atoms with Gasteiger partial charge in [0.25, 0.3) is 0 Å². The van der Waals surface area contributed by atoms with Gasteiger partial charge in [-0.05, 0) is 43.6 Å². The summed E-state index contributed by atoms with van der Waals surface area (Å²) < 4.78 is 5.64. The standard InChI is InChI=1S/C18H24N2O/c1-2-20-12-6-10-16(20)14-19-18(17-11-7-13-21-17)15-8-4-3-5-9-15/h3-5,7-9,11,13,16,18-19H,2,6,10,12,14H2,1H3. The summed E-state index contributed by atoms with van der Waals surface area (Å²) >= 11 is 0. The van der Waals surface area contributed by atoms with Crippen LogP contribution in [-0.2, 0) is 0 Å². The van der Waals surface area contributed by atoms with Crippen LogP contribution in [0.25, 0.3) is 0 Å². The van der Waals surface area contributed by atoms with Crippen LogP contribution in [0.4, 0.5) is 0 Å². The number of hydrogen-bond donors (Lipinski definition) is 1. The second-order valence-corrected chi connectivity index (χ2v) is 5.69. The fourth-order valence-corrected chi connectivity index (χ4v) is 3.28. The minimum Gasteiger partial charge on any atom is -0.467 e. The van der Waals surface area contributed by atoms with E-state index in [2.05, 4.69) is 53.5 Å². The van der Waals surface area contributed by atoms with Crippen LogP contribution in [0.1, 0.15) is 37.1 Å². The van der Waals surface area contributed by atoms with E-state index in [1.54, 1.807) is 6.26 Å². The number of nitrogens with one attached hydrogen (secondary N) is 1. The summed E-state index contributed by atoms with van der Waals surface area (Å²) in [5.41, 5.74) is 1.26. The number of rotatable bonds is 6. The monoisotopic (exact) mass is 284 g/mol. The lowest BCUT2D eigenvalue weighted by Crippen LogP contribution is -2.39. The highest BCUT2D eigenvalue weighted by atomic mass is 16.3. The van der Waals surface area contributed by atoms with Crippen molar-refractivity contribution in [3.63, 3.8) is 0 Å². The van der Waals surface area contributed by atoms with E-state index in [1.807, 2.05) is 6.07 Å². The molecular weight excluding hydrogens is 260 g/mol. The first-order valence-corrected chi connectivity index (χ1v) is 7.94. The Labute approximate surface area is 127 Å². The van der Waals surface area contributed by atoms with Crippen LogP contribution in [0, 0.1) is 0 Å². The zero-order chi connectivity index (χ0) is 14.5. The van der Waals surface area contributed by atoms with Crippen LogP contribution in [0.15, 0.2) is 53.1 Å². The number of furan rings is 1. The Kier molecular flexibility index (Phi) is 4.73. The summed E-state index contributed by atoms with van der Waals surface area (Å²) in [6.07, 6.45) is 4.36. The first kappa shape index (κ1) is 14.4. The molecule has 112 valence electrons. The fraction of sp³-hybridized carbons (Fsp3) is 0.444. The summed E-state index contributed by atoms with van der Waals surface area (Å²) in [7, 11) is 0. The van der Waals surface area contributed by atoms with Gasteiger partial charge in [0, 0.05) is 12.6 Å². The summed E-state index contributed by atoms with van der Waals surface area (Å²) in [5, 5.41) is 3.71. The molecule has 0 bridgehead atoms. The molecule has 1 aliphatic rings. The molecule has 3 heteroatoms. The molecule has 0 radical (unpaired) electrons. The largest absolute Gasteiger partial charge is 0.467 e. The van der Waals surface area contributed by atoms with Gasteiger partial charge in [-0.3, -0.25) is 4.90 Å². The molecule has 3 nitrogen and oxygen atoms in total. The Morgan fingerprint density at radius 3 is 2.81 bits per heavy atom. The fourth-order valence-electron chi connectivity index (χ4n) is 3.28. The highest BCUT2D eigenvalue weighted by Crippen LogP contribution is 2.23. The van der Waals surface area contributed by atoms with Gasteiger partial charge in [0.2, 0.25) is 0 Å². The number of hydrogen-bond acceptors (Lipinski definition) is 3. The highest BCUT2D eigenvalue weighted by Gasteiger charge is 2.25. The summed E-state index contributed by atoms with van der Waals surface area (Å²) in [4.78, 5) is 2.57. The quantitative estimate of drug-likeness (QED) is 0.881. The first-order valence-electron chi connectivity index (χ1n) is 7.94. The average Bonchev–Trinajstić information content (AvgIpc) is 3.20. The molecular formula is C18H24N2O. The molecule has 2 heterocycles. The molecule has 2 atom stereocenters. The first-order chi connectivity index (χ1) is 10.4. The van der Waals surface area contributed by atoms with Crippen LogP contribution in [0.5, 0.6) is 0 Å². The Morgan fingerprint density at radius 1 is 1.24 bits per heavy atom. The van der Waals surface area contributed by atoms with Crippen molar-refractivity contribution in [2.24, 2.45) is 0 Å². The Bertz CT molecular complexity index is 523. The van der Waals surface area contributed by atoms with Crippen molar-refractivity contribution >= 4 is 0 Å². The lowest BCUT2D eigenvalue weighted by atomic mass is 10.0. The molecule has 0 spiro atoms. The van der Waals surface area contributed by atoms with Crippen LogP contribution in [0.2, 0.25) is 0 Å². The minimum absolute atomic E-state index is 0.139. The van der Waals surface area contributed by atoms with E-state index in [-0.39, 0.29) is 6.04 Å². The maximum absolute atomic E-state index is 5.64. The van der Waals surface area contributed by atoms with Gasteiger partial charge < -0.3 is 9.73 Å². The number of nitrogens with zero attached hydrogens (tertiary/aromatic N) is 1. The van der Waals surface area contributed by atoms with Crippen molar-refractivity contribution in [1.82, 2.24) is 10.2 Å². The highest BCUT2D eigenvalue weighted by molar-refractivity contribution is 5.26. The van der Waals surface area contributed by atoms with Crippen molar-refractivity contribution in [3.8, 4) is 0 Å². The maximum atomic E-state index is 5.64. The molecule has 0 saturated carbocycles. The lowest BCUT2D eigenvalue weighted by Gasteiger charge is -2.25. The molecule has 1 aromatic heterocycles. The normalized spacial score (nSPS) is 20.7. The molecule has 2 unspecified atom stereocenters. The van der Waals surface area contributed by atoms with Gasteiger partial charge in [0.1, 0.15) is 5.76 Å². The molecule has 1 aliphatic heterocycles. The maximum Gasteiger partial charge on any atom is 0.125 e. The van der Waals surface area contributed by atoms with Crippen molar-refractivity contribution in [2.45, 2.75) is 31.8 Å². The molecule has 1 N–H and O–H groups in total. The molecule has 2 aromatic rings. The Morgan fingerprint density at radius 2 is 2.10 bits per heavy atom. The van der Waals surface area contributed by atoms with Crippen molar-refractivity contribution in [1.29, 1.82) is 0 Å². The van der Waals surface area contributed by atoms with Gasteiger partial charge in [-0.15, -0.1) is 0 Å². The molecule has 1 saturated heterocycles. The minimum atomic E-state index is 0.139. The zero-order valence-corrected chi connectivity index (χ0v) is 12.7. The predicted molar refractivity (Wildman–Crippen MR) is 85.3 cm³/mol. The Balaban J connectivity index is 1.71. The van der Waals surface area contributed by atoms with Gasteiger partial charge in [-0.25, -0.2) is 0 Å². The topological polar surface area (TPSA) is 28.4 Å². The molecule has 0 amide bonds. The van der Waals surface area contributed by atoms with Gasteiger partial charge >= 0.3 is 0 Å². The third kappa shape index (κ3) is 3.36. The molecule has 21 heavy (non-hydrogen) atoms. The van der Waals surface area contributed by atoms with Crippen molar-refractivity contribution in [3.05, 3.63) is 60.1 Å². The summed E-state index contributed by atoms with van der Waals surface area (Å²) in [5.74, 6) is 0.988. The summed E-state index contributed by atoms with van der Waals surface area (Å²) in [6, 6.07) is 15.3. The summed E-state index contributed by atoms with van der Waals surface area (Å²) in [6.45, 7) is 5.64. The number of likely N-dealkylation sites (tertiary alicyclic amines) is 1. The van der Waals surface area contributed by atoms with Gasteiger partial charge in [0.05, 0.1) is 12.3 Å². The van der Waals surface area contributed by atoms with Crippen molar-refractivity contribution < 1.29 is 4.42 Å². The predicted octanol–water partition coefficient (Wildman–Crippen LogP) is 3.44. The molecule has 1 aromatic carbocycles. The van der Waals surface area contributed by atoms with Crippen LogP contribution < -0.4 is 5.32 Å². The third-order valence-corrected chi connectivity index (χ3v) is 4.42. The zero-order valence-electron chi connectivity index (χ0n) is 12.7. The number of benzene rings is 1. The lowest BCUT2D eigenvalue weighted by molar-refractivity contribution is 0.254. The van der Waals surface area contributed by atoms with E-state index in [4.69, 9.17) is 4.42 Å². The van der Waals surface area contributed by atoms with E-state index < -0.39 is 0 Å². The van der Waals surface area contributed by atoms with E-state index in [0.29, 0.717) is 6.04 Å². The van der Waals surface area contributed by atoms with E-state index in [9.17, 15) is 0 Å². The van der Waals surface area contributed by atoms with Crippen LogP contribution in [-0.4, -0.2) is 30.6 Å². The van der Waals surface area contributed by atoms with E-state index in [0.717, 1.165) is 18.8 Å². The molecule has 0 aliphatic carbocycles. The van der Waals surface area contributed by atoms with Gasteiger partial charge in [-0.1, -0.05) is 37.3 Å². The van der Waals surface area contributed by atoms with E-state index in [1.165, 1.54) is 24.9 Å². The smallest absolute Gasteiger partial charge is 0.125 e. The third-order valence-electron chi connectivity index (χ3n) is 4.42.